The van der Waals surface area contributed by atoms with Crippen molar-refractivity contribution < 1.29 is 4.79 Å². The molecule has 3 rings (SSSR count). The largest absolute Gasteiger partial charge is 0.368 e. The van der Waals surface area contributed by atoms with Crippen LogP contribution in [0.4, 0.5) is 0 Å². The first kappa shape index (κ1) is 16.7. The van der Waals surface area contributed by atoms with Crippen molar-refractivity contribution >= 4 is 39.1 Å². The van der Waals surface area contributed by atoms with Gasteiger partial charge in [-0.05, 0) is 24.6 Å². The number of carbonyl (C=O) groups is 1. The first-order valence-corrected chi connectivity index (χ1v) is 8.77. The third-order valence-electron chi connectivity index (χ3n) is 3.98. The van der Waals surface area contributed by atoms with Gasteiger partial charge in [0.15, 0.2) is 0 Å². The maximum absolute atomic E-state index is 13.1. The van der Waals surface area contributed by atoms with Gasteiger partial charge in [-0.25, -0.2) is 4.98 Å². The zero-order valence-corrected chi connectivity index (χ0v) is 14.8. The van der Waals surface area contributed by atoms with Crippen LogP contribution in [0.1, 0.15) is 25.7 Å². The fourth-order valence-electron chi connectivity index (χ4n) is 2.66. The van der Waals surface area contributed by atoms with E-state index >= 15 is 0 Å². The molecular weight excluding hydrogens is 346 g/mol. The van der Waals surface area contributed by atoms with Gasteiger partial charge in [-0.1, -0.05) is 30.7 Å². The Labute approximate surface area is 147 Å². The van der Waals surface area contributed by atoms with Gasteiger partial charge in [0.1, 0.15) is 16.7 Å². The number of rotatable bonds is 4. The summed E-state index contributed by atoms with van der Waals surface area (Å²) < 4.78 is 1.40. The SMILES string of the molecule is CCc1nc2scc(-c3ccc(Cl)cc3)c2c(=O)n1C(C)C(N)=O. The van der Waals surface area contributed by atoms with E-state index in [9.17, 15) is 9.59 Å². The molecule has 7 heteroatoms. The average molecular weight is 362 g/mol. The lowest BCUT2D eigenvalue weighted by Crippen LogP contribution is -2.34. The lowest BCUT2D eigenvalue weighted by molar-refractivity contribution is -0.120. The van der Waals surface area contributed by atoms with Crippen molar-refractivity contribution in [2.75, 3.05) is 0 Å². The zero-order chi connectivity index (χ0) is 17.4. The molecule has 1 unspecified atom stereocenters. The number of thiophene rings is 1. The van der Waals surface area contributed by atoms with Crippen molar-refractivity contribution in [1.29, 1.82) is 0 Å². The van der Waals surface area contributed by atoms with Crippen LogP contribution in [0.3, 0.4) is 0 Å². The highest BCUT2D eigenvalue weighted by Gasteiger charge is 2.21. The number of primary amides is 1. The first-order valence-electron chi connectivity index (χ1n) is 7.52. The van der Waals surface area contributed by atoms with Gasteiger partial charge in [-0.3, -0.25) is 14.2 Å². The summed E-state index contributed by atoms with van der Waals surface area (Å²) in [5.74, 6) is -0.000436. The van der Waals surface area contributed by atoms with Gasteiger partial charge < -0.3 is 5.73 Å². The molecule has 0 aliphatic heterocycles. The summed E-state index contributed by atoms with van der Waals surface area (Å²) in [5.41, 5.74) is 6.84. The fraction of sp³-hybridized carbons (Fsp3) is 0.235. The second-order valence-corrected chi connectivity index (χ2v) is 6.77. The van der Waals surface area contributed by atoms with Gasteiger partial charge in [-0.2, -0.15) is 0 Å². The predicted octanol–water partition coefficient (Wildman–Crippen LogP) is 3.39. The van der Waals surface area contributed by atoms with Crippen molar-refractivity contribution in [2.24, 2.45) is 5.73 Å². The summed E-state index contributed by atoms with van der Waals surface area (Å²) in [5, 5.41) is 3.04. The summed E-state index contributed by atoms with van der Waals surface area (Å²) in [7, 11) is 0. The van der Waals surface area contributed by atoms with Crippen LogP contribution < -0.4 is 11.3 Å². The Kier molecular flexibility index (Phi) is 4.43. The molecule has 3 aromatic rings. The molecule has 0 aliphatic rings. The van der Waals surface area contributed by atoms with E-state index in [-0.39, 0.29) is 5.56 Å². The summed E-state index contributed by atoms with van der Waals surface area (Å²) in [6, 6.07) is 6.53. The zero-order valence-electron chi connectivity index (χ0n) is 13.2. The van der Waals surface area contributed by atoms with Gasteiger partial charge in [0, 0.05) is 22.4 Å². The molecule has 0 aliphatic carbocycles. The quantitative estimate of drug-likeness (QED) is 0.773. The summed E-state index contributed by atoms with van der Waals surface area (Å²) in [4.78, 5) is 29.9. The highest BCUT2D eigenvalue weighted by molar-refractivity contribution is 7.17. The number of hydrogen-bond donors (Lipinski definition) is 1. The van der Waals surface area contributed by atoms with Gasteiger partial charge in [0.2, 0.25) is 5.91 Å². The minimum atomic E-state index is -0.748. The fourth-order valence-corrected chi connectivity index (χ4v) is 3.75. The second kappa shape index (κ2) is 6.37. The molecule has 5 nitrogen and oxygen atoms in total. The Morgan fingerprint density at radius 2 is 2.04 bits per heavy atom. The number of benzene rings is 1. The van der Waals surface area contributed by atoms with Crippen LogP contribution in [0, 0.1) is 0 Å². The Bertz CT molecular complexity index is 976. The van der Waals surface area contributed by atoms with Crippen LogP contribution >= 0.6 is 22.9 Å². The molecule has 124 valence electrons. The van der Waals surface area contributed by atoms with Crippen LogP contribution in [0.25, 0.3) is 21.3 Å². The van der Waals surface area contributed by atoms with Crippen molar-refractivity contribution in [1.82, 2.24) is 9.55 Å². The molecule has 1 aromatic carbocycles. The normalized spacial score (nSPS) is 12.5. The maximum atomic E-state index is 13.1. The minimum Gasteiger partial charge on any atom is -0.368 e. The van der Waals surface area contributed by atoms with E-state index in [0.717, 1.165) is 11.1 Å². The third-order valence-corrected chi connectivity index (χ3v) is 5.11. The van der Waals surface area contributed by atoms with Crippen LogP contribution in [-0.2, 0) is 11.2 Å². The monoisotopic (exact) mass is 361 g/mol. The number of nitrogens with two attached hydrogens (primary N) is 1. The highest BCUT2D eigenvalue weighted by Crippen LogP contribution is 2.32. The molecule has 24 heavy (non-hydrogen) atoms. The lowest BCUT2D eigenvalue weighted by Gasteiger charge is -2.16. The molecule has 2 aromatic heterocycles. The summed E-state index contributed by atoms with van der Waals surface area (Å²) in [6.45, 7) is 3.51. The molecule has 2 heterocycles. The number of fused-ring (bicyclic) bond motifs is 1. The van der Waals surface area contributed by atoms with E-state index in [0.29, 0.717) is 27.5 Å². The van der Waals surface area contributed by atoms with Crippen LogP contribution in [0.5, 0.6) is 0 Å². The molecule has 0 fully saturated rings. The number of amides is 1. The molecule has 0 radical (unpaired) electrons. The predicted molar refractivity (Wildman–Crippen MR) is 97.6 cm³/mol. The van der Waals surface area contributed by atoms with E-state index in [1.165, 1.54) is 15.9 Å². The van der Waals surface area contributed by atoms with Crippen molar-refractivity contribution in [3.8, 4) is 11.1 Å². The lowest BCUT2D eigenvalue weighted by atomic mass is 10.1. The number of hydrogen-bond acceptors (Lipinski definition) is 4. The molecule has 0 spiro atoms. The average Bonchev–Trinajstić information content (AvgIpc) is 2.99. The van der Waals surface area contributed by atoms with E-state index in [1.54, 1.807) is 19.1 Å². The van der Waals surface area contributed by atoms with Crippen molar-refractivity contribution in [3.05, 3.63) is 50.8 Å². The third kappa shape index (κ3) is 2.72. The van der Waals surface area contributed by atoms with Crippen LogP contribution in [-0.4, -0.2) is 15.5 Å². The minimum absolute atomic E-state index is 0.241. The van der Waals surface area contributed by atoms with E-state index in [1.807, 2.05) is 24.4 Å². The maximum Gasteiger partial charge on any atom is 0.263 e. The van der Waals surface area contributed by atoms with Gasteiger partial charge in [0.05, 0.1) is 5.39 Å². The Hall–Kier alpha value is -2.18. The molecule has 0 saturated heterocycles. The number of nitrogens with zero attached hydrogens (tertiary/aromatic N) is 2. The van der Waals surface area contributed by atoms with E-state index < -0.39 is 11.9 Å². The standard InChI is InChI=1S/C17H16ClN3O2S/c1-3-13-20-16-14(17(23)21(13)9(2)15(19)22)12(8-24-16)10-4-6-11(18)7-5-10/h4-9H,3H2,1-2H3,(H2,19,22). The molecular formula is C17H16ClN3O2S. The Morgan fingerprint density at radius 1 is 1.38 bits per heavy atom. The Morgan fingerprint density at radius 3 is 2.62 bits per heavy atom. The molecule has 1 atom stereocenters. The van der Waals surface area contributed by atoms with E-state index in [4.69, 9.17) is 17.3 Å². The Balaban J connectivity index is 2.32. The van der Waals surface area contributed by atoms with Crippen LogP contribution in [0.2, 0.25) is 5.02 Å². The van der Waals surface area contributed by atoms with Gasteiger partial charge in [0.25, 0.3) is 5.56 Å². The number of aromatic nitrogens is 2. The number of carbonyl (C=O) groups excluding carboxylic acids is 1. The first-order chi connectivity index (χ1) is 11.4. The van der Waals surface area contributed by atoms with Gasteiger partial charge in [-0.15, -0.1) is 11.3 Å². The molecule has 0 saturated carbocycles. The summed E-state index contributed by atoms with van der Waals surface area (Å²) >= 11 is 7.35. The molecule has 2 N–H and O–H groups in total. The van der Waals surface area contributed by atoms with Crippen molar-refractivity contribution in [2.45, 2.75) is 26.3 Å². The number of halogens is 1. The topological polar surface area (TPSA) is 78.0 Å². The second-order valence-electron chi connectivity index (χ2n) is 5.47. The smallest absolute Gasteiger partial charge is 0.263 e. The van der Waals surface area contributed by atoms with Crippen molar-refractivity contribution in [3.63, 3.8) is 0 Å². The van der Waals surface area contributed by atoms with E-state index in [2.05, 4.69) is 4.98 Å². The van der Waals surface area contributed by atoms with Crippen LogP contribution in [0.15, 0.2) is 34.4 Å². The summed E-state index contributed by atoms with van der Waals surface area (Å²) in [6.07, 6.45) is 0.539. The number of aryl methyl sites for hydroxylation is 1. The van der Waals surface area contributed by atoms with Gasteiger partial charge >= 0.3 is 0 Å². The highest BCUT2D eigenvalue weighted by atomic mass is 35.5. The molecule has 1 amide bonds. The molecule has 0 bridgehead atoms.